The normalized spacial score (nSPS) is 16.1. The molecule has 1 fully saturated rings. The van der Waals surface area contributed by atoms with Gasteiger partial charge in [-0.3, -0.25) is 0 Å². The summed E-state index contributed by atoms with van der Waals surface area (Å²) >= 11 is 12.2. The maximum absolute atomic E-state index is 13.4. The van der Waals surface area contributed by atoms with Gasteiger partial charge in [0, 0.05) is 29.2 Å². The molecular weight excluding hydrogens is 428 g/mol. The molecule has 0 spiro atoms. The zero-order valence-electron chi connectivity index (χ0n) is 15.9. The van der Waals surface area contributed by atoms with Gasteiger partial charge in [0.2, 0.25) is 5.95 Å². The summed E-state index contributed by atoms with van der Waals surface area (Å²) in [4.78, 5) is 22.7. The van der Waals surface area contributed by atoms with Crippen molar-refractivity contribution in [1.82, 2.24) is 9.97 Å². The molecule has 0 saturated carbocycles. The third kappa shape index (κ3) is 4.25. The number of carboxylic acid groups (broad SMARTS) is 1. The minimum Gasteiger partial charge on any atom is -0.478 e. The van der Waals surface area contributed by atoms with E-state index < -0.39 is 11.8 Å². The largest absolute Gasteiger partial charge is 0.478 e. The number of carboxylic acids is 1. The molecule has 0 bridgehead atoms. The van der Waals surface area contributed by atoms with Crippen LogP contribution in [0.25, 0.3) is 0 Å². The molecule has 1 atom stereocenters. The second-order valence-electron chi connectivity index (χ2n) is 7.15. The lowest BCUT2D eigenvalue weighted by molar-refractivity contribution is 0.0695. The van der Waals surface area contributed by atoms with Gasteiger partial charge in [-0.2, -0.15) is 0 Å². The van der Waals surface area contributed by atoms with Gasteiger partial charge < -0.3 is 10.0 Å². The van der Waals surface area contributed by atoms with Crippen LogP contribution in [0.2, 0.25) is 10.0 Å². The van der Waals surface area contributed by atoms with E-state index >= 15 is 0 Å². The highest BCUT2D eigenvalue weighted by atomic mass is 35.5. The molecule has 1 saturated heterocycles. The average Bonchev–Trinajstić information content (AvgIpc) is 3.20. The van der Waals surface area contributed by atoms with E-state index in [0.29, 0.717) is 22.2 Å². The minimum absolute atomic E-state index is 0.00128. The summed E-state index contributed by atoms with van der Waals surface area (Å²) in [5.74, 6) is -1.11. The van der Waals surface area contributed by atoms with Crippen molar-refractivity contribution in [2.45, 2.75) is 25.3 Å². The molecular formula is C22H18Cl2FN3O2. The molecule has 30 heavy (non-hydrogen) atoms. The lowest BCUT2D eigenvalue weighted by Crippen LogP contribution is -2.25. The number of benzene rings is 2. The first-order valence-electron chi connectivity index (χ1n) is 9.47. The van der Waals surface area contributed by atoms with E-state index in [9.17, 15) is 14.3 Å². The fraction of sp³-hybridized carbons (Fsp3) is 0.227. The van der Waals surface area contributed by atoms with Crippen LogP contribution in [0.4, 0.5) is 10.3 Å². The fourth-order valence-electron chi connectivity index (χ4n) is 3.74. The maximum Gasteiger partial charge on any atom is 0.339 e. The van der Waals surface area contributed by atoms with Crippen molar-refractivity contribution in [3.05, 3.63) is 86.9 Å². The van der Waals surface area contributed by atoms with Crippen LogP contribution in [0.5, 0.6) is 0 Å². The number of nitrogens with zero attached hydrogens (tertiary/aromatic N) is 3. The van der Waals surface area contributed by atoms with Crippen LogP contribution in [0, 0.1) is 5.82 Å². The molecule has 4 rings (SSSR count). The van der Waals surface area contributed by atoms with Gasteiger partial charge in [0.25, 0.3) is 0 Å². The molecule has 2 heterocycles. The number of hydrogen-bond donors (Lipinski definition) is 1. The van der Waals surface area contributed by atoms with Gasteiger partial charge in [-0.1, -0.05) is 41.4 Å². The van der Waals surface area contributed by atoms with Crippen LogP contribution < -0.4 is 4.90 Å². The Hall–Kier alpha value is -2.70. The quantitative estimate of drug-likeness (QED) is 0.557. The number of hydrogen-bond acceptors (Lipinski definition) is 4. The number of carbonyl (C=O) groups is 1. The van der Waals surface area contributed by atoms with E-state index in [2.05, 4.69) is 14.9 Å². The summed E-state index contributed by atoms with van der Waals surface area (Å²) in [5, 5.41) is 10.5. The molecule has 0 amide bonds. The van der Waals surface area contributed by atoms with E-state index in [-0.39, 0.29) is 23.0 Å². The summed E-state index contributed by atoms with van der Waals surface area (Å²) in [6.07, 6.45) is 3.39. The summed E-state index contributed by atoms with van der Waals surface area (Å²) in [6, 6.07) is 11.8. The fourth-order valence-corrected chi connectivity index (χ4v) is 4.10. The molecule has 1 N–H and O–H groups in total. The summed E-state index contributed by atoms with van der Waals surface area (Å²) in [5.41, 5.74) is 2.04. The highest BCUT2D eigenvalue weighted by Crippen LogP contribution is 2.35. The molecule has 1 aliphatic heterocycles. The smallest absolute Gasteiger partial charge is 0.339 e. The number of halogens is 3. The first kappa shape index (κ1) is 20.6. The average molecular weight is 446 g/mol. The lowest BCUT2D eigenvalue weighted by Gasteiger charge is -2.25. The highest BCUT2D eigenvalue weighted by molar-refractivity contribution is 6.31. The van der Waals surface area contributed by atoms with Crippen LogP contribution in [0.15, 0.2) is 48.7 Å². The Balaban J connectivity index is 1.69. The Morgan fingerprint density at radius 1 is 1.20 bits per heavy atom. The topological polar surface area (TPSA) is 66.3 Å². The van der Waals surface area contributed by atoms with Gasteiger partial charge in [-0.25, -0.2) is 19.2 Å². The highest BCUT2D eigenvalue weighted by Gasteiger charge is 2.29. The first-order valence-corrected chi connectivity index (χ1v) is 10.2. The number of aromatic carboxylic acids is 1. The van der Waals surface area contributed by atoms with Gasteiger partial charge in [0.1, 0.15) is 5.82 Å². The van der Waals surface area contributed by atoms with Crippen molar-refractivity contribution >= 4 is 35.1 Å². The molecule has 1 aliphatic rings. The van der Waals surface area contributed by atoms with Crippen LogP contribution >= 0.6 is 23.2 Å². The first-order chi connectivity index (χ1) is 14.4. The molecule has 0 radical (unpaired) electrons. The number of anilines is 1. The molecule has 1 aromatic heterocycles. The van der Waals surface area contributed by atoms with Gasteiger partial charge in [-0.15, -0.1) is 0 Å². The number of rotatable bonds is 5. The van der Waals surface area contributed by atoms with Gasteiger partial charge in [0.15, 0.2) is 0 Å². The maximum atomic E-state index is 13.4. The lowest BCUT2D eigenvalue weighted by atomic mass is 10.0. The molecule has 154 valence electrons. The van der Waals surface area contributed by atoms with E-state index in [1.54, 1.807) is 0 Å². The zero-order valence-corrected chi connectivity index (χ0v) is 17.4. The number of aromatic nitrogens is 2. The summed E-state index contributed by atoms with van der Waals surface area (Å²) < 4.78 is 13.4. The van der Waals surface area contributed by atoms with Crippen molar-refractivity contribution in [3.8, 4) is 0 Å². The molecule has 0 unspecified atom stereocenters. The van der Waals surface area contributed by atoms with E-state index in [4.69, 9.17) is 23.2 Å². The van der Waals surface area contributed by atoms with E-state index in [1.807, 2.05) is 24.3 Å². The molecule has 8 heteroatoms. The molecule has 2 aromatic carbocycles. The second-order valence-corrected chi connectivity index (χ2v) is 7.99. The van der Waals surface area contributed by atoms with Crippen LogP contribution in [-0.4, -0.2) is 27.6 Å². The SMILES string of the molecule is O=C(O)c1cnc(N2CCC[C@@H]2c2ccc(Cl)cc2)nc1Cc1ccc(F)cc1Cl. The van der Waals surface area contributed by atoms with Gasteiger partial charge in [-0.05, 0) is 48.2 Å². The predicted molar refractivity (Wildman–Crippen MR) is 114 cm³/mol. The van der Waals surface area contributed by atoms with E-state index in [0.717, 1.165) is 24.9 Å². The van der Waals surface area contributed by atoms with Gasteiger partial charge >= 0.3 is 5.97 Å². The Morgan fingerprint density at radius 3 is 2.67 bits per heavy atom. The summed E-state index contributed by atoms with van der Waals surface area (Å²) in [7, 11) is 0. The van der Waals surface area contributed by atoms with Crippen molar-refractivity contribution in [1.29, 1.82) is 0 Å². The van der Waals surface area contributed by atoms with Crippen molar-refractivity contribution in [2.75, 3.05) is 11.4 Å². The monoisotopic (exact) mass is 445 g/mol. The van der Waals surface area contributed by atoms with Gasteiger partial charge in [0.05, 0.1) is 17.3 Å². The Bertz CT molecular complexity index is 1090. The second kappa shape index (κ2) is 8.58. The zero-order chi connectivity index (χ0) is 21.3. The predicted octanol–water partition coefficient (Wildman–Crippen LogP) is 5.55. The Labute approximate surface area is 183 Å². The van der Waals surface area contributed by atoms with Crippen LogP contribution in [-0.2, 0) is 6.42 Å². The van der Waals surface area contributed by atoms with Crippen molar-refractivity contribution < 1.29 is 14.3 Å². The standard InChI is InChI=1S/C22H18Cl2FN3O2/c23-15-6-3-13(4-7-15)20-2-1-9-28(20)22-26-12-17(21(29)30)19(27-22)10-14-5-8-16(25)11-18(14)24/h3-8,11-12,20H,1-2,9-10H2,(H,29,30)/t20-/m1/s1. The van der Waals surface area contributed by atoms with Crippen molar-refractivity contribution in [2.24, 2.45) is 0 Å². The van der Waals surface area contributed by atoms with Crippen LogP contribution in [0.3, 0.4) is 0 Å². The third-order valence-corrected chi connectivity index (χ3v) is 5.83. The van der Waals surface area contributed by atoms with Crippen molar-refractivity contribution in [3.63, 3.8) is 0 Å². The minimum atomic E-state index is -1.12. The molecule has 3 aromatic rings. The summed E-state index contributed by atoms with van der Waals surface area (Å²) in [6.45, 7) is 0.760. The van der Waals surface area contributed by atoms with E-state index in [1.165, 1.54) is 24.4 Å². The molecule has 0 aliphatic carbocycles. The molecule has 5 nitrogen and oxygen atoms in total. The Morgan fingerprint density at radius 2 is 1.97 bits per heavy atom. The third-order valence-electron chi connectivity index (χ3n) is 5.22. The Kier molecular flexibility index (Phi) is 5.88. The van der Waals surface area contributed by atoms with Crippen LogP contribution in [0.1, 0.15) is 46.1 Å².